The lowest BCUT2D eigenvalue weighted by Crippen LogP contribution is -2.41. The number of nitro benzene ring substituents is 1. The first-order valence-electron chi connectivity index (χ1n) is 7.80. The number of non-ortho nitro benzene ring substituents is 1. The quantitative estimate of drug-likeness (QED) is 0.512. The summed E-state index contributed by atoms with van der Waals surface area (Å²) in [5.74, 6) is -1.10. The number of amides is 1. The molecule has 2 aromatic rings. The summed E-state index contributed by atoms with van der Waals surface area (Å²) in [7, 11) is 0. The van der Waals surface area contributed by atoms with Crippen LogP contribution >= 0.6 is 0 Å². The van der Waals surface area contributed by atoms with Gasteiger partial charge in [0.1, 0.15) is 0 Å². The van der Waals surface area contributed by atoms with Crippen LogP contribution in [0.5, 0.6) is 0 Å². The van der Waals surface area contributed by atoms with Crippen molar-refractivity contribution in [3.8, 4) is 0 Å². The van der Waals surface area contributed by atoms with Crippen LogP contribution in [0.3, 0.4) is 0 Å². The lowest BCUT2D eigenvalue weighted by atomic mass is 9.88. The van der Waals surface area contributed by atoms with Crippen molar-refractivity contribution in [3.05, 3.63) is 69.8 Å². The monoisotopic (exact) mass is 340 g/mol. The summed E-state index contributed by atoms with van der Waals surface area (Å²) in [6.45, 7) is 2.14. The number of carbonyl (C=O) groups excluding carboxylic acids is 2. The molecule has 25 heavy (non-hydrogen) atoms. The molecule has 2 aromatic carbocycles. The van der Waals surface area contributed by atoms with Gasteiger partial charge in [-0.3, -0.25) is 19.7 Å². The molecule has 1 aliphatic rings. The standard InChI is InChI=1S/C18H16N2O5/c1-2-19-15-9-4-3-8-14(15)18(23,17(19)22)11-16(21)12-6-5-7-13(10-12)20(24)25/h3-10,23H,2,11H2,1H3/t18-/m0/s1. The number of ketones is 1. The van der Waals surface area contributed by atoms with Crippen molar-refractivity contribution in [1.29, 1.82) is 0 Å². The van der Waals surface area contributed by atoms with Gasteiger partial charge in [0.25, 0.3) is 11.6 Å². The summed E-state index contributed by atoms with van der Waals surface area (Å²) < 4.78 is 0. The number of aliphatic hydroxyl groups is 1. The van der Waals surface area contributed by atoms with Crippen LogP contribution in [-0.4, -0.2) is 28.3 Å². The van der Waals surface area contributed by atoms with Gasteiger partial charge in [-0.15, -0.1) is 0 Å². The van der Waals surface area contributed by atoms with Crippen LogP contribution in [0.4, 0.5) is 11.4 Å². The highest BCUT2D eigenvalue weighted by Crippen LogP contribution is 2.42. The van der Waals surface area contributed by atoms with E-state index >= 15 is 0 Å². The molecule has 0 saturated heterocycles. The van der Waals surface area contributed by atoms with Crippen LogP contribution in [0.2, 0.25) is 0 Å². The van der Waals surface area contributed by atoms with Gasteiger partial charge in [-0.1, -0.05) is 30.3 Å². The van der Waals surface area contributed by atoms with E-state index in [9.17, 15) is 24.8 Å². The number of nitro groups is 1. The Morgan fingerprint density at radius 1 is 1.24 bits per heavy atom. The molecule has 1 atom stereocenters. The predicted molar refractivity (Wildman–Crippen MR) is 90.4 cm³/mol. The maximum absolute atomic E-state index is 12.7. The van der Waals surface area contributed by atoms with Crippen molar-refractivity contribution in [1.82, 2.24) is 0 Å². The first kappa shape index (κ1) is 16.8. The average Bonchev–Trinajstić information content (AvgIpc) is 2.82. The van der Waals surface area contributed by atoms with Crippen LogP contribution < -0.4 is 4.90 Å². The molecule has 0 aromatic heterocycles. The number of Topliss-reactive ketones (excluding diaryl/α,β-unsaturated/α-hetero) is 1. The molecule has 0 unspecified atom stereocenters. The molecule has 7 heteroatoms. The van der Waals surface area contributed by atoms with Crippen molar-refractivity contribution in [2.45, 2.75) is 18.9 Å². The highest BCUT2D eigenvalue weighted by Gasteiger charge is 2.50. The molecule has 1 heterocycles. The lowest BCUT2D eigenvalue weighted by Gasteiger charge is -2.22. The number of anilines is 1. The fourth-order valence-corrected chi connectivity index (χ4v) is 3.12. The third-order valence-corrected chi connectivity index (χ3v) is 4.35. The zero-order chi connectivity index (χ0) is 18.2. The van der Waals surface area contributed by atoms with E-state index < -0.39 is 28.6 Å². The van der Waals surface area contributed by atoms with Gasteiger partial charge in [-0.05, 0) is 13.0 Å². The molecule has 128 valence electrons. The van der Waals surface area contributed by atoms with Gasteiger partial charge in [0.15, 0.2) is 11.4 Å². The summed E-state index contributed by atoms with van der Waals surface area (Å²) in [4.78, 5) is 36.9. The van der Waals surface area contributed by atoms with E-state index in [1.807, 2.05) is 0 Å². The van der Waals surface area contributed by atoms with Crippen molar-refractivity contribution in [2.24, 2.45) is 0 Å². The van der Waals surface area contributed by atoms with Crippen LogP contribution in [0, 0.1) is 10.1 Å². The minimum Gasteiger partial charge on any atom is -0.375 e. The Morgan fingerprint density at radius 2 is 1.96 bits per heavy atom. The highest BCUT2D eigenvalue weighted by molar-refractivity contribution is 6.10. The van der Waals surface area contributed by atoms with Gasteiger partial charge >= 0.3 is 0 Å². The fourth-order valence-electron chi connectivity index (χ4n) is 3.12. The Bertz CT molecular complexity index is 879. The number of hydrogen-bond donors (Lipinski definition) is 1. The second-order valence-corrected chi connectivity index (χ2v) is 5.83. The summed E-state index contributed by atoms with van der Waals surface area (Å²) in [5.41, 5.74) is -1.15. The molecule has 0 saturated carbocycles. The van der Waals surface area contributed by atoms with Gasteiger partial charge in [0, 0.05) is 29.8 Å². The molecule has 1 amide bonds. The topological polar surface area (TPSA) is 101 Å². The number of likely N-dealkylation sites (N-methyl/N-ethyl adjacent to an activating group) is 1. The second kappa shape index (κ2) is 6.10. The number of hydrogen-bond acceptors (Lipinski definition) is 5. The zero-order valence-corrected chi connectivity index (χ0v) is 13.5. The largest absolute Gasteiger partial charge is 0.375 e. The van der Waals surface area contributed by atoms with E-state index in [0.29, 0.717) is 17.8 Å². The van der Waals surface area contributed by atoms with Gasteiger partial charge in [0.2, 0.25) is 0 Å². The summed E-state index contributed by atoms with van der Waals surface area (Å²) in [6, 6.07) is 12.0. The number of benzene rings is 2. The zero-order valence-electron chi connectivity index (χ0n) is 13.5. The molecule has 0 aliphatic carbocycles. The molecular formula is C18H16N2O5. The third-order valence-electron chi connectivity index (χ3n) is 4.35. The Balaban J connectivity index is 1.97. The SMILES string of the molecule is CCN1C(=O)[C@](O)(CC(=O)c2cccc([N+](=O)[O-])c2)c2ccccc21. The molecular weight excluding hydrogens is 324 g/mol. The van der Waals surface area contributed by atoms with E-state index in [1.54, 1.807) is 31.2 Å². The van der Waals surface area contributed by atoms with Crippen LogP contribution in [0.25, 0.3) is 0 Å². The highest BCUT2D eigenvalue weighted by atomic mass is 16.6. The maximum atomic E-state index is 12.7. The van der Waals surface area contributed by atoms with Gasteiger partial charge < -0.3 is 10.0 Å². The smallest absolute Gasteiger partial charge is 0.270 e. The van der Waals surface area contributed by atoms with E-state index in [0.717, 1.165) is 6.07 Å². The molecule has 0 fully saturated rings. The van der Waals surface area contributed by atoms with Crippen LogP contribution in [0.1, 0.15) is 29.3 Å². The Labute approximate surface area is 143 Å². The number of carbonyl (C=O) groups is 2. The number of nitrogens with zero attached hydrogens (tertiary/aromatic N) is 2. The predicted octanol–water partition coefficient (Wildman–Crippen LogP) is 2.42. The number of fused-ring (bicyclic) bond motifs is 1. The lowest BCUT2D eigenvalue weighted by molar-refractivity contribution is -0.384. The van der Waals surface area contributed by atoms with Crippen LogP contribution in [-0.2, 0) is 10.4 Å². The van der Waals surface area contributed by atoms with Gasteiger partial charge in [-0.2, -0.15) is 0 Å². The molecule has 0 radical (unpaired) electrons. The summed E-state index contributed by atoms with van der Waals surface area (Å²) in [5, 5.41) is 21.8. The minimum atomic E-state index is -1.96. The minimum absolute atomic E-state index is 0.0860. The Morgan fingerprint density at radius 3 is 2.64 bits per heavy atom. The first-order valence-corrected chi connectivity index (χ1v) is 7.80. The maximum Gasteiger partial charge on any atom is 0.270 e. The van der Waals surface area contributed by atoms with E-state index in [1.165, 1.54) is 23.1 Å². The van der Waals surface area contributed by atoms with Crippen molar-refractivity contribution < 1.29 is 19.6 Å². The van der Waals surface area contributed by atoms with E-state index in [-0.39, 0.29) is 11.3 Å². The molecule has 0 spiro atoms. The normalized spacial score (nSPS) is 19.0. The van der Waals surface area contributed by atoms with Crippen molar-refractivity contribution in [2.75, 3.05) is 11.4 Å². The Hall–Kier alpha value is -3.06. The molecule has 1 aliphatic heterocycles. The first-order chi connectivity index (χ1) is 11.9. The average molecular weight is 340 g/mol. The number of rotatable bonds is 5. The summed E-state index contributed by atoms with van der Waals surface area (Å²) >= 11 is 0. The van der Waals surface area contributed by atoms with Crippen molar-refractivity contribution in [3.63, 3.8) is 0 Å². The molecule has 1 N–H and O–H groups in total. The summed E-state index contributed by atoms with van der Waals surface area (Å²) in [6.07, 6.45) is -0.472. The second-order valence-electron chi connectivity index (χ2n) is 5.83. The van der Waals surface area contributed by atoms with Gasteiger partial charge in [-0.25, -0.2) is 0 Å². The van der Waals surface area contributed by atoms with E-state index in [2.05, 4.69) is 0 Å². The molecule has 3 rings (SSSR count). The third kappa shape index (κ3) is 2.68. The van der Waals surface area contributed by atoms with Crippen molar-refractivity contribution >= 4 is 23.1 Å². The Kier molecular flexibility index (Phi) is 4.10. The van der Waals surface area contributed by atoms with E-state index in [4.69, 9.17) is 0 Å². The molecule has 0 bridgehead atoms. The molecule has 7 nitrogen and oxygen atoms in total. The van der Waals surface area contributed by atoms with Crippen LogP contribution in [0.15, 0.2) is 48.5 Å². The fraction of sp³-hybridized carbons (Fsp3) is 0.222. The number of para-hydroxylation sites is 1. The van der Waals surface area contributed by atoms with Gasteiger partial charge in [0.05, 0.1) is 17.0 Å².